The van der Waals surface area contributed by atoms with Crippen LogP contribution in [0.1, 0.15) is 55.2 Å². The molecule has 1 aliphatic carbocycles. The predicted octanol–water partition coefficient (Wildman–Crippen LogP) is 2.07. The van der Waals surface area contributed by atoms with Crippen molar-refractivity contribution >= 4 is 0 Å². The van der Waals surface area contributed by atoms with Crippen molar-refractivity contribution in [1.29, 1.82) is 0 Å². The second-order valence-corrected chi connectivity index (χ2v) is 7.83. The van der Waals surface area contributed by atoms with Gasteiger partial charge in [-0.2, -0.15) is 5.10 Å². The summed E-state index contributed by atoms with van der Waals surface area (Å²) in [5.74, 6) is 3.83. The van der Waals surface area contributed by atoms with Crippen LogP contribution >= 0.6 is 0 Å². The van der Waals surface area contributed by atoms with E-state index in [9.17, 15) is 0 Å². The molecule has 0 unspecified atom stereocenters. The summed E-state index contributed by atoms with van der Waals surface area (Å²) in [4.78, 5) is 2.50. The molecule has 1 saturated carbocycles. The molecular weight excluding hydrogens is 328 g/mol. The van der Waals surface area contributed by atoms with Crippen LogP contribution < -0.4 is 0 Å². The monoisotopic (exact) mass is 358 g/mol. The van der Waals surface area contributed by atoms with Gasteiger partial charge in [0, 0.05) is 57.7 Å². The maximum absolute atomic E-state index is 5.77. The van der Waals surface area contributed by atoms with Gasteiger partial charge in [0.1, 0.15) is 11.6 Å². The average molecular weight is 358 g/mol. The first-order valence-electron chi connectivity index (χ1n) is 9.82. The molecule has 0 spiro atoms. The Kier molecular flexibility index (Phi) is 5.09. The SMILES string of the molecule is CCOC[C@@H]1CN(Cc2nnc(C3CCC3)n2C)C[C@H]1c1cnn(C)c1. The molecule has 7 nitrogen and oxygen atoms in total. The number of hydrogen-bond acceptors (Lipinski definition) is 5. The standard InChI is InChI=1S/C19H30N6O/c1-4-26-13-16-10-25(11-17(16)15-8-20-23(2)9-15)12-18-21-22-19(24(18)3)14-6-5-7-14/h8-9,14,16-17H,4-7,10-13H2,1-3H3/t16-,17-/m0/s1. The number of hydrogen-bond donors (Lipinski definition) is 0. The van der Waals surface area contributed by atoms with Gasteiger partial charge in [0.2, 0.25) is 0 Å². The van der Waals surface area contributed by atoms with Crippen LogP contribution in [-0.4, -0.2) is 55.7 Å². The number of nitrogens with zero attached hydrogens (tertiary/aromatic N) is 6. The van der Waals surface area contributed by atoms with E-state index in [1.165, 1.54) is 30.7 Å². The van der Waals surface area contributed by atoms with Crippen LogP contribution in [0.3, 0.4) is 0 Å². The van der Waals surface area contributed by atoms with E-state index in [0.29, 0.717) is 17.8 Å². The summed E-state index contributed by atoms with van der Waals surface area (Å²) in [5, 5.41) is 13.3. The van der Waals surface area contributed by atoms with E-state index in [0.717, 1.165) is 38.7 Å². The average Bonchev–Trinajstić information content (AvgIpc) is 3.26. The van der Waals surface area contributed by atoms with Crippen LogP contribution in [-0.2, 0) is 25.4 Å². The fraction of sp³-hybridized carbons (Fsp3) is 0.737. The number of aryl methyl sites for hydroxylation is 1. The van der Waals surface area contributed by atoms with Crippen LogP contribution in [0, 0.1) is 5.92 Å². The lowest BCUT2D eigenvalue weighted by atomic mass is 9.85. The van der Waals surface area contributed by atoms with Gasteiger partial charge in [0.05, 0.1) is 19.3 Å². The smallest absolute Gasteiger partial charge is 0.146 e. The van der Waals surface area contributed by atoms with Crippen LogP contribution in [0.2, 0.25) is 0 Å². The first-order valence-corrected chi connectivity index (χ1v) is 9.82. The minimum atomic E-state index is 0.467. The summed E-state index contributed by atoms with van der Waals surface area (Å²) in [6.07, 6.45) is 7.99. The Morgan fingerprint density at radius 3 is 2.69 bits per heavy atom. The minimum Gasteiger partial charge on any atom is -0.381 e. The predicted molar refractivity (Wildman–Crippen MR) is 98.8 cm³/mol. The van der Waals surface area contributed by atoms with Gasteiger partial charge < -0.3 is 9.30 Å². The van der Waals surface area contributed by atoms with E-state index in [2.05, 4.69) is 44.9 Å². The molecule has 2 atom stereocenters. The van der Waals surface area contributed by atoms with Crippen molar-refractivity contribution in [1.82, 2.24) is 29.4 Å². The maximum Gasteiger partial charge on any atom is 0.146 e. The zero-order valence-corrected chi connectivity index (χ0v) is 16.1. The quantitative estimate of drug-likeness (QED) is 0.758. The molecule has 1 saturated heterocycles. The van der Waals surface area contributed by atoms with E-state index < -0.39 is 0 Å². The summed E-state index contributed by atoms with van der Waals surface area (Å²) in [5.41, 5.74) is 1.31. The molecule has 3 heterocycles. The van der Waals surface area contributed by atoms with Gasteiger partial charge in [0.25, 0.3) is 0 Å². The minimum absolute atomic E-state index is 0.467. The molecule has 4 rings (SSSR count). The van der Waals surface area contributed by atoms with Crippen molar-refractivity contribution in [2.45, 2.75) is 44.6 Å². The molecule has 0 bridgehead atoms. The summed E-state index contributed by atoms with van der Waals surface area (Å²) in [6, 6.07) is 0. The lowest BCUT2D eigenvalue weighted by Crippen LogP contribution is -2.24. The molecule has 2 aromatic heterocycles. The number of ether oxygens (including phenoxy) is 1. The Bertz CT molecular complexity index is 734. The van der Waals surface area contributed by atoms with Crippen molar-refractivity contribution in [3.8, 4) is 0 Å². The Morgan fingerprint density at radius 1 is 1.19 bits per heavy atom. The molecule has 26 heavy (non-hydrogen) atoms. The molecule has 2 aromatic rings. The molecule has 7 heteroatoms. The molecule has 0 N–H and O–H groups in total. The first kappa shape index (κ1) is 17.7. The molecular formula is C19H30N6O. The highest BCUT2D eigenvalue weighted by atomic mass is 16.5. The Labute approximate surface area is 155 Å². The topological polar surface area (TPSA) is 61.0 Å². The van der Waals surface area contributed by atoms with E-state index in [4.69, 9.17) is 4.74 Å². The lowest BCUT2D eigenvalue weighted by Gasteiger charge is -2.24. The van der Waals surface area contributed by atoms with Gasteiger partial charge in [-0.05, 0) is 25.3 Å². The Hall–Kier alpha value is -1.73. The van der Waals surface area contributed by atoms with E-state index >= 15 is 0 Å². The van der Waals surface area contributed by atoms with Crippen LogP contribution in [0.15, 0.2) is 12.4 Å². The second-order valence-electron chi connectivity index (χ2n) is 7.83. The molecule has 2 fully saturated rings. The summed E-state index contributed by atoms with van der Waals surface area (Å²) in [6.45, 7) is 6.55. The largest absolute Gasteiger partial charge is 0.381 e. The van der Waals surface area contributed by atoms with Gasteiger partial charge >= 0.3 is 0 Å². The summed E-state index contributed by atoms with van der Waals surface area (Å²) >= 11 is 0. The lowest BCUT2D eigenvalue weighted by molar-refractivity contribution is 0.107. The van der Waals surface area contributed by atoms with Crippen LogP contribution in [0.25, 0.3) is 0 Å². The maximum atomic E-state index is 5.77. The zero-order valence-electron chi connectivity index (χ0n) is 16.1. The summed E-state index contributed by atoms with van der Waals surface area (Å²) < 4.78 is 9.88. The van der Waals surface area contributed by atoms with Crippen molar-refractivity contribution in [3.63, 3.8) is 0 Å². The number of likely N-dealkylation sites (tertiary alicyclic amines) is 1. The summed E-state index contributed by atoms with van der Waals surface area (Å²) in [7, 11) is 4.10. The van der Waals surface area contributed by atoms with Gasteiger partial charge in [0.15, 0.2) is 0 Å². The number of rotatable bonds is 7. The molecule has 142 valence electrons. The molecule has 0 amide bonds. The fourth-order valence-electron chi connectivity index (χ4n) is 4.27. The van der Waals surface area contributed by atoms with Crippen molar-refractivity contribution in [2.24, 2.45) is 20.0 Å². The van der Waals surface area contributed by atoms with Gasteiger partial charge in [-0.15, -0.1) is 10.2 Å². The van der Waals surface area contributed by atoms with Crippen molar-refractivity contribution in [2.75, 3.05) is 26.3 Å². The van der Waals surface area contributed by atoms with E-state index in [1.54, 1.807) is 0 Å². The van der Waals surface area contributed by atoms with Gasteiger partial charge in [-0.25, -0.2) is 0 Å². The van der Waals surface area contributed by atoms with Crippen molar-refractivity contribution < 1.29 is 4.74 Å². The first-order chi connectivity index (χ1) is 12.7. The van der Waals surface area contributed by atoms with Crippen molar-refractivity contribution in [3.05, 3.63) is 29.6 Å². The highest BCUT2D eigenvalue weighted by molar-refractivity contribution is 5.16. The Balaban J connectivity index is 1.46. The third kappa shape index (κ3) is 3.42. The normalized spacial score (nSPS) is 24.3. The molecule has 1 aliphatic heterocycles. The molecule has 0 aromatic carbocycles. The third-order valence-electron chi connectivity index (χ3n) is 6.04. The number of aromatic nitrogens is 5. The van der Waals surface area contributed by atoms with Gasteiger partial charge in [-0.3, -0.25) is 9.58 Å². The fourth-order valence-corrected chi connectivity index (χ4v) is 4.27. The zero-order chi connectivity index (χ0) is 18.1. The Morgan fingerprint density at radius 2 is 2.04 bits per heavy atom. The van der Waals surface area contributed by atoms with Crippen LogP contribution in [0.4, 0.5) is 0 Å². The molecule has 2 aliphatic rings. The highest BCUT2D eigenvalue weighted by Gasteiger charge is 2.35. The van der Waals surface area contributed by atoms with Gasteiger partial charge in [-0.1, -0.05) is 6.42 Å². The highest BCUT2D eigenvalue weighted by Crippen LogP contribution is 2.36. The van der Waals surface area contributed by atoms with E-state index in [1.807, 2.05) is 17.9 Å². The third-order valence-corrected chi connectivity index (χ3v) is 6.04. The van der Waals surface area contributed by atoms with E-state index in [-0.39, 0.29) is 0 Å². The van der Waals surface area contributed by atoms with Crippen LogP contribution in [0.5, 0.6) is 0 Å². The molecule has 0 radical (unpaired) electrons. The second kappa shape index (κ2) is 7.48.